The molecule has 8 heteroatoms. The zero-order chi connectivity index (χ0) is 23.7. The summed E-state index contributed by atoms with van der Waals surface area (Å²) in [5.41, 5.74) is 3.45. The number of halogens is 2. The van der Waals surface area contributed by atoms with E-state index in [2.05, 4.69) is 10.6 Å². The standard InChI is InChI=1S/C25H19Cl2N3O3/c1-14-6-3-4-9-20(14)30-24(32)21(27)22(25(30)33)28-18-8-5-7-16(13-18)23(31)29-19-11-10-17(26)12-15(19)2/h3-13,28H,1-2H3,(H,29,31). The van der Waals surface area contributed by atoms with Crippen molar-refractivity contribution in [3.05, 3.63) is 99.2 Å². The molecule has 0 saturated carbocycles. The number of anilines is 3. The Morgan fingerprint density at radius 2 is 1.61 bits per heavy atom. The molecule has 0 atom stereocenters. The van der Waals surface area contributed by atoms with Gasteiger partial charge < -0.3 is 10.6 Å². The predicted octanol–water partition coefficient (Wildman–Crippen LogP) is 5.64. The molecule has 33 heavy (non-hydrogen) atoms. The molecule has 166 valence electrons. The molecular weight excluding hydrogens is 461 g/mol. The van der Waals surface area contributed by atoms with E-state index in [1.54, 1.807) is 67.6 Å². The number of hydrogen-bond donors (Lipinski definition) is 2. The second-order valence-electron chi connectivity index (χ2n) is 7.54. The minimum absolute atomic E-state index is 0.0453. The van der Waals surface area contributed by atoms with Crippen molar-refractivity contribution >= 4 is 58.0 Å². The molecule has 4 rings (SSSR count). The van der Waals surface area contributed by atoms with E-state index in [1.807, 2.05) is 13.0 Å². The molecule has 1 aliphatic heterocycles. The second-order valence-corrected chi connectivity index (χ2v) is 8.35. The molecule has 0 aromatic heterocycles. The highest BCUT2D eigenvalue weighted by Crippen LogP contribution is 2.32. The first-order chi connectivity index (χ1) is 15.8. The highest BCUT2D eigenvalue weighted by atomic mass is 35.5. The fraction of sp³-hybridized carbons (Fsp3) is 0.0800. The lowest BCUT2D eigenvalue weighted by Gasteiger charge is -2.17. The number of nitrogens with zero attached hydrogens (tertiary/aromatic N) is 1. The smallest absolute Gasteiger partial charge is 0.283 e. The maximum atomic E-state index is 13.0. The Hall–Kier alpha value is -3.61. The van der Waals surface area contributed by atoms with Crippen LogP contribution in [0.25, 0.3) is 0 Å². The number of carbonyl (C=O) groups excluding carboxylic acids is 3. The Morgan fingerprint density at radius 1 is 0.848 bits per heavy atom. The maximum absolute atomic E-state index is 13.0. The third-order valence-electron chi connectivity index (χ3n) is 5.21. The van der Waals surface area contributed by atoms with Crippen LogP contribution in [0.15, 0.2) is 77.5 Å². The number of benzene rings is 3. The van der Waals surface area contributed by atoms with Crippen molar-refractivity contribution in [2.75, 3.05) is 15.5 Å². The van der Waals surface area contributed by atoms with Gasteiger partial charge in [0.25, 0.3) is 17.7 Å². The van der Waals surface area contributed by atoms with Crippen LogP contribution in [0.5, 0.6) is 0 Å². The van der Waals surface area contributed by atoms with Crippen LogP contribution in [0.3, 0.4) is 0 Å². The summed E-state index contributed by atoms with van der Waals surface area (Å²) in [4.78, 5) is 39.5. The van der Waals surface area contributed by atoms with E-state index < -0.39 is 11.8 Å². The van der Waals surface area contributed by atoms with Crippen LogP contribution in [0.1, 0.15) is 21.5 Å². The second kappa shape index (κ2) is 9.10. The summed E-state index contributed by atoms with van der Waals surface area (Å²) < 4.78 is 0. The summed E-state index contributed by atoms with van der Waals surface area (Å²) in [6.07, 6.45) is 0. The molecule has 0 aliphatic carbocycles. The number of aryl methyl sites for hydroxylation is 2. The minimum atomic E-state index is -0.606. The first-order valence-electron chi connectivity index (χ1n) is 10.0. The number of carbonyl (C=O) groups is 3. The lowest BCUT2D eigenvalue weighted by atomic mass is 10.1. The van der Waals surface area contributed by atoms with Crippen molar-refractivity contribution in [2.45, 2.75) is 13.8 Å². The molecule has 0 spiro atoms. The predicted molar refractivity (Wildman–Crippen MR) is 131 cm³/mol. The monoisotopic (exact) mass is 479 g/mol. The number of nitrogens with one attached hydrogen (secondary N) is 2. The SMILES string of the molecule is Cc1cc(Cl)ccc1NC(=O)c1cccc(NC2=C(Cl)C(=O)N(c3ccccc3C)C2=O)c1. The molecule has 0 radical (unpaired) electrons. The lowest BCUT2D eigenvalue weighted by molar-refractivity contribution is -0.120. The van der Waals surface area contributed by atoms with Crippen molar-refractivity contribution in [1.29, 1.82) is 0 Å². The first-order valence-corrected chi connectivity index (χ1v) is 10.8. The van der Waals surface area contributed by atoms with Gasteiger partial charge in [0.2, 0.25) is 0 Å². The fourth-order valence-corrected chi connectivity index (χ4v) is 3.93. The van der Waals surface area contributed by atoms with Gasteiger partial charge >= 0.3 is 0 Å². The van der Waals surface area contributed by atoms with Crippen LogP contribution in [-0.2, 0) is 9.59 Å². The number of imide groups is 1. The van der Waals surface area contributed by atoms with Gasteiger partial charge in [-0.05, 0) is 67.4 Å². The van der Waals surface area contributed by atoms with Gasteiger partial charge in [-0.25, -0.2) is 4.90 Å². The van der Waals surface area contributed by atoms with E-state index in [9.17, 15) is 14.4 Å². The summed E-state index contributed by atoms with van der Waals surface area (Å²) in [5.74, 6) is -1.50. The molecule has 6 nitrogen and oxygen atoms in total. The van der Waals surface area contributed by atoms with Gasteiger partial charge in [-0.3, -0.25) is 14.4 Å². The normalized spacial score (nSPS) is 13.5. The van der Waals surface area contributed by atoms with Gasteiger partial charge in [0.1, 0.15) is 10.7 Å². The van der Waals surface area contributed by atoms with E-state index >= 15 is 0 Å². The van der Waals surface area contributed by atoms with Crippen LogP contribution in [-0.4, -0.2) is 17.7 Å². The van der Waals surface area contributed by atoms with Crippen LogP contribution < -0.4 is 15.5 Å². The van der Waals surface area contributed by atoms with Crippen LogP contribution in [0.2, 0.25) is 5.02 Å². The Balaban J connectivity index is 1.56. The topological polar surface area (TPSA) is 78.5 Å². The molecule has 3 amide bonds. The Bertz CT molecular complexity index is 1330. The maximum Gasteiger partial charge on any atom is 0.283 e. The summed E-state index contributed by atoms with van der Waals surface area (Å²) in [6.45, 7) is 3.65. The van der Waals surface area contributed by atoms with E-state index in [-0.39, 0.29) is 16.6 Å². The third-order valence-corrected chi connectivity index (χ3v) is 5.80. The molecular formula is C25H19Cl2N3O3. The molecule has 0 fully saturated rings. The molecule has 3 aromatic carbocycles. The average molecular weight is 480 g/mol. The Morgan fingerprint density at radius 3 is 2.33 bits per heavy atom. The average Bonchev–Trinajstić information content (AvgIpc) is 2.99. The van der Waals surface area contributed by atoms with Crippen molar-refractivity contribution in [3.8, 4) is 0 Å². The summed E-state index contributed by atoms with van der Waals surface area (Å²) >= 11 is 12.2. The van der Waals surface area contributed by atoms with Crippen LogP contribution >= 0.6 is 23.2 Å². The van der Waals surface area contributed by atoms with Crippen molar-refractivity contribution < 1.29 is 14.4 Å². The van der Waals surface area contributed by atoms with E-state index in [0.717, 1.165) is 16.0 Å². The van der Waals surface area contributed by atoms with Gasteiger partial charge in [-0.2, -0.15) is 0 Å². The van der Waals surface area contributed by atoms with Crippen molar-refractivity contribution in [2.24, 2.45) is 0 Å². The molecule has 2 N–H and O–H groups in total. The summed E-state index contributed by atoms with van der Waals surface area (Å²) in [7, 11) is 0. The highest BCUT2D eigenvalue weighted by molar-refractivity contribution is 6.53. The minimum Gasteiger partial charge on any atom is -0.350 e. The van der Waals surface area contributed by atoms with Gasteiger partial charge in [0, 0.05) is 22.0 Å². The van der Waals surface area contributed by atoms with Gasteiger partial charge in [-0.15, -0.1) is 0 Å². The van der Waals surface area contributed by atoms with Gasteiger partial charge in [0.05, 0.1) is 5.69 Å². The Labute approximate surface area is 200 Å². The van der Waals surface area contributed by atoms with Crippen LogP contribution in [0, 0.1) is 13.8 Å². The molecule has 0 unspecified atom stereocenters. The molecule has 1 aliphatic rings. The highest BCUT2D eigenvalue weighted by Gasteiger charge is 2.39. The largest absolute Gasteiger partial charge is 0.350 e. The van der Waals surface area contributed by atoms with E-state index in [4.69, 9.17) is 23.2 Å². The fourth-order valence-electron chi connectivity index (χ4n) is 3.49. The number of hydrogen-bond acceptors (Lipinski definition) is 4. The molecule has 0 bridgehead atoms. The summed E-state index contributed by atoms with van der Waals surface area (Å²) in [6, 6.07) is 18.8. The quantitative estimate of drug-likeness (QED) is 0.463. The van der Waals surface area contributed by atoms with E-state index in [0.29, 0.717) is 27.6 Å². The molecule has 1 heterocycles. The lowest BCUT2D eigenvalue weighted by Crippen LogP contribution is -2.32. The Kier molecular flexibility index (Phi) is 6.22. The van der Waals surface area contributed by atoms with Crippen molar-refractivity contribution in [1.82, 2.24) is 0 Å². The first kappa shape index (κ1) is 22.6. The zero-order valence-corrected chi connectivity index (χ0v) is 19.3. The zero-order valence-electron chi connectivity index (χ0n) is 17.8. The van der Waals surface area contributed by atoms with Crippen LogP contribution in [0.4, 0.5) is 17.1 Å². The third kappa shape index (κ3) is 4.49. The molecule has 3 aromatic rings. The summed E-state index contributed by atoms with van der Waals surface area (Å²) in [5, 5.41) is 6.12. The van der Waals surface area contributed by atoms with Crippen molar-refractivity contribution in [3.63, 3.8) is 0 Å². The number of rotatable bonds is 5. The van der Waals surface area contributed by atoms with E-state index in [1.165, 1.54) is 0 Å². The van der Waals surface area contributed by atoms with Gasteiger partial charge in [0.15, 0.2) is 0 Å². The number of para-hydroxylation sites is 1. The number of amides is 3. The van der Waals surface area contributed by atoms with Gasteiger partial charge in [-0.1, -0.05) is 47.5 Å². The molecule has 0 saturated heterocycles.